The third-order valence-corrected chi connectivity index (χ3v) is 9.39. The summed E-state index contributed by atoms with van der Waals surface area (Å²) in [5.41, 5.74) is 1.18. The summed E-state index contributed by atoms with van der Waals surface area (Å²) in [4.78, 5) is 28.6. The first-order valence-electron chi connectivity index (χ1n) is 17.5. The van der Waals surface area contributed by atoms with Crippen LogP contribution in [-0.4, -0.2) is 146 Å². The van der Waals surface area contributed by atoms with E-state index in [0.717, 1.165) is 47.7 Å². The number of amides is 2. The molecule has 4 saturated heterocycles. The number of phenolic OH excluding ortho intramolecular Hbond substituents is 2. The minimum absolute atomic E-state index is 0.130. The van der Waals surface area contributed by atoms with Gasteiger partial charge in [0.1, 0.15) is 23.7 Å². The van der Waals surface area contributed by atoms with Crippen LogP contribution in [0, 0.1) is 0 Å². The summed E-state index contributed by atoms with van der Waals surface area (Å²) in [5.74, 6) is 0.259. The fourth-order valence-electron chi connectivity index (χ4n) is 6.63. The highest BCUT2D eigenvalue weighted by atomic mass is 16.6. The van der Waals surface area contributed by atoms with Gasteiger partial charge in [-0.05, 0) is 33.7 Å². The Kier molecular flexibility index (Phi) is 11.1. The normalized spacial score (nSPS) is 21.6. The summed E-state index contributed by atoms with van der Waals surface area (Å²) in [6.07, 6.45) is 1.71. The molecule has 272 valence electrons. The first-order valence-corrected chi connectivity index (χ1v) is 17.5. The van der Waals surface area contributed by atoms with E-state index in [1.165, 1.54) is 22.4 Å². The van der Waals surface area contributed by atoms with Crippen molar-refractivity contribution in [3.8, 4) is 11.5 Å². The molecule has 4 aliphatic rings. The van der Waals surface area contributed by atoms with Crippen molar-refractivity contribution in [2.24, 2.45) is 10.2 Å². The van der Waals surface area contributed by atoms with E-state index >= 15 is 0 Å². The van der Waals surface area contributed by atoms with Crippen LogP contribution in [0.15, 0.2) is 83.0 Å². The Morgan fingerprint density at radius 2 is 1.00 bits per heavy atom. The van der Waals surface area contributed by atoms with Crippen molar-refractivity contribution in [2.75, 3.05) is 78.8 Å². The van der Waals surface area contributed by atoms with Crippen molar-refractivity contribution in [1.82, 2.24) is 19.8 Å². The van der Waals surface area contributed by atoms with Gasteiger partial charge in [-0.2, -0.15) is 20.2 Å². The van der Waals surface area contributed by atoms with Crippen molar-refractivity contribution in [2.45, 2.75) is 12.2 Å². The van der Waals surface area contributed by atoms with E-state index < -0.39 is 12.2 Å². The molecule has 14 nitrogen and oxygen atoms in total. The molecule has 0 aliphatic carbocycles. The molecule has 0 spiro atoms. The molecule has 2 N–H and O–H groups in total. The van der Waals surface area contributed by atoms with E-state index in [4.69, 9.17) is 18.9 Å². The van der Waals surface area contributed by atoms with Gasteiger partial charge in [0.25, 0.3) is 0 Å². The number of nitrogens with zero attached hydrogens (tertiary/aromatic N) is 6. The summed E-state index contributed by atoms with van der Waals surface area (Å²) in [6, 6.07) is 22.4. The molecule has 4 fully saturated rings. The molecule has 4 aliphatic heterocycles. The molecule has 4 aromatic carbocycles. The largest absolute Gasteiger partial charge is 0.507 e. The van der Waals surface area contributed by atoms with Gasteiger partial charge >= 0.3 is 12.2 Å². The highest BCUT2D eigenvalue weighted by Gasteiger charge is 2.34. The van der Waals surface area contributed by atoms with Gasteiger partial charge in [0.2, 0.25) is 0 Å². The second kappa shape index (κ2) is 16.4. The van der Waals surface area contributed by atoms with Gasteiger partial charge in [-0.15, -0.1) is 0 Å². The maximum Gasteiger partial charge on any atom is 0.430 e. The van der Waals surface area contributed by atoms with Gasteiger partial charge < -0.3 is 29.2 Å². The second-order valence-electron chi connectivity index (χ2n) is 12.9. The molecule has 8 rings (SSSR count). The highest BCUT2D eigenvalue weighted by Crippen LogP contribution is 2.27. The number of aromatic hydroxyl groups is 2. The number of carbonyl (C=O) groups is 2. The number of phenols is 2. The zero-order valence-electron chi connectivity index (χ0n) is 28.8. The minimum atomic E-state index is -0.459. The molecule has 4 aromatic rings. The van der Waals surface area contributed by atoms with Crippen molar-refractivity contribution < 1.29 is 38.7 Å². The molecule has 4 heterocycles. The lowest BCUT2D eigenvalue weighted by molar-refractivity contribution is 0.0186. The van der Waals surface area contributed by atoms with Gasteiger partial charge in [-0.3, -0.25) is 9.80 Å². The molecule has 14 heteroatoms. The van der Waals surface area contributed by atoms with Crippen LogP contribution < -0.4 is 0 Å². The highest BCUT2D eigenvalue weighted by molar-refractivity contribution is 6.03. The lowest BCUT2D eigenvalue weighted by Gasteiger charge is -2.27. The lowest BCUT2D eigenvalue weighted by Crippen LogP contribution is -2.41. The Bertz CT molecular complexity index is 1800. The maximum absolute atomic E-state index is 12.1. The van der Waals surface area contributed by atoms with Crippen molar-refractivity contribution in [3.63, 3.8) is 0 Å². The Labute approximate surface area is 301 Å². The summed E-state index contributed by atoms with van der Waals surface area (Å²) >= 11 is 0. The molecule has 2 atom stereocenters. The minimum Gasteiger partial charge on any atom is -0.507 e. The number of morpholine rings is 2. The summed E-state index contributed by atoms with van der Waals surface area (Å²) < 4.78 is 21.5. The van der Waals surface area contributed by atoms with Gasteiger partial charge in [0, 0.05) is 50.4 Å². The van der Waals surface area contributed by atoms with E-state index in [1.807, 2.05) is 60.7 Å². The summed E-state index contributed by atoms with van der Waals surface area (Å²) in [6.45, 7) is 8.40. The van der Waals surface area contributed by atoms with E-state index in [2.05, 4.69) is 20.0 Å². The maximum atomic E-state index is 12.1. The van der Waals surface area contributed by atoms with E-state index in [9.17, 15) is 19.8 Å². The molecule has 0 radical (unpaired) electrons. The number of hydrogen-bond donors (Lipinski definition) is 2. The van der Waals surface area contributed by atoms with Crippen LogP contribution in [-0.2, 0) is 18.9 Å². The quantitative estimate of drug-likeness (QED) is 0.257. The van der Waals surface area contributed by atoms with Crippen LogP contribution in [0.1, 0.15) is 11.1 Å². The molecule has 0 saturated carbocycles. The Morgan fingerprint density at radius 1 is 0.596 bits per heavy atom. The monoisotopic (exact) mass is 710 g/mol. The number of hydrazone groups is 2. The van der Waals surface area contributed by atoms with Crippen molar-refractivity contribution in [1.29, 1.82) is 0 Å². The smallest absolute Gasteiger partial charge is 0.430 e. The predicted octanol–water partition coefficient (Wildman–Crippen LogP) is 4.06. The standard InChI is InChI=1S/2C19H21N3O4/c2*23-18-6-5-14-3-1-2-4-16(14)17(18)11-20-22-13-15(26-19(22)24)12-21-7-9-25-10-8-21/h2*1-6,11,15,23H,7-10,12-13H2/b2*20-11+/t2*15-/m00/s1. The third kappa shape index (κ3) is 8.43. The third-order valence-electron chi connectivity index (χ3n) is 9.39. The number of rotatable bonds is 8. The Hall–Kier alpha value is -5.28. The van der Waals surface area contributed by atoms with Crippen molar-refractivity contribution >= 4 is 46.2 Å². The van der Waals surface area contributed by atoms with Crippen molar-refractivity contribution in [3.05, 3.63) is 83.9 Å². The SMILES string of the molecule is O=C1O[C@@H](CN2CCOCC2)CN1/N=C/c1c(O)ccc2ccccc12.O=C1O[C@@H](CN2CCOCC2)CN1/N=C/c1c(O)ccc2ccccc12. The number of ether oxygens (including phenoxy) is 4. The lowest BCUT2D eigenvalue weighted by atomic mass is 10.0. The van der Waals surface area contributed by atoms with Crippen LogP contribution in [0.5, 0.6) is 11.5 Å². The molecular formula is C38H42N6O8. The van der Waals surface area contributed by atoms with E-state index in [-0.39, 0.29) is 23.7 Å². The van der Waals surface area contributed by atoms with E-state index in [0.29, 0.717) is 63.7 Å². The van der Waals surface area contributed by atoms with Crippen LogP contribution in [0.4, 0.5) is 9.59 Å². The average Bonchev–Trinajstić information content (AvgIpc) is 3.70. The molecule has 0 unspecified atom stereocenters. The van der Waals surface area contributed by atoms with Gasteiger partial charge in [0.05, 0.1) is 51.9 Å². The number of benzene rings is 4. The molecule has 0 aromatic heterocycles. The van der Waals surface area contributed by atoms with E-state index in [1.54, 1.807) is 12.1 Å². The van der Waals surface area contributed by atoms with Crippen LogP contribution >= 0.6 is 0 Å². The van der Waals surface area contributed by atoms with Gasteiger partial charge in [0.15, 0.2) is 0 Å². The topological polar surface area (TPSA) is 149 Å². The molecule has 2 amide bonds. The van der Waals surface area contributed by atoms with Crippen LogP contribution in [0.25, 0.3) is 21.5 Å². The molecular weight excluding hydrogens is 668 g/mol. The number of cyclic esters (lactones) is 2. The summed E-state index contributed by atoms with van der Waals surface area (Å²) in [5, 5.41) is 35.3. The Balaban J connectivity index is 0.000000162. The number of carbonyl (C=O) groups excluding carboxylic acids is 2. The zero-order valence-corrected chi connectivity index (χ0v) is 28.8. The predicted molar refractivity (Wildman–Crippen MR) is 195 cm³/mol. The number of hydrogen-bond acceptors (Lipinski definition) is 12. The average molecular weight is 711 g/mol. The zero-order chi connectivity index (χ0) is 35.9. The summed E-state index contributed by atoms with van der Waals surface area (Å²) in [7, 11) is 0. The fourth-order valence-corrected chi connectivity index (χ4v) is 6.63. The second-order valence-corrected chi connectivity index (χ2v) is 12.9. The van der Waals surface area contributed by atoms with Gasteiger partial charge in [-0.1, -0.05) is 60.7 Å². The number of fused-ring (bicyclic) bond motifs is 2. The first-order chi connectivity index (χ1) is 25.4. The van der Waals surface area contributed by atoms with Crippen LogP contribution in [0.2, 0.25) is 0 Å². The fraction of sp³-hybridized carbons (Fsp3) is 0.368. The first kappa shape index (κ1) is 35.1. The molecule has 52 heavy (non-hydrogen) atoms. The van der Waals surface area contributed by atoms with Gasteiger partial charge in [-0.25, -0.2) is 9.59 Å². The van der Waals surface area contributed by atoms with Crippen LogP contribution in [0.3, 0.4) is 0 Å². The Morgan fingerprint density at radius 3 is 1.42 bits per heavy atom. The molecule has 0 bridgehead atoms.